The third-order valence-corrected chi connectivity index (χ3v) is 5.15. The van der Waals surface area contributed by atoms with E-state index in [1.807, 2.05) is 43.3 Å². The molecule has 0 aliphatic carbocycles. The van der Waals surface area contributed by atoms with Gasteiger partial charge in [-0.25, -0.2) is 10.4 Å². The number of aromatic nitrogens is 2. The molecule has 0 saturated heterocycles. The number of anilines is 2. The molecule has 0 spiro atoms. The maximum atomic E-state index is 12.4. The van der Waals surface area contributed by atoms with E-state index in [4.69, 9.17) is 4.74 Å². The van der Waals surface area contributed by atoms with E-state index in [1.54, 1.807) is 48.5 Å². The van der Waals surface area contributed by atoms with Gasteiger partial charge in [0.25, 0.3) is 11.5 Å². The second-order valence-electron chi connectivity index (χ2n) is 7.68. The number of aromatic amines is 1. The standard InChI is InChI=1S/C27H22N6O3/c1-18-9-5-7-13-22(18)30-24(34)17-36-23-14-8-6-12-20(23)16-29-33-27-31-25(19-10-3-2-4-11-19)21(15-28)26(35)32-27/h2-14,16H,17H2,1H3,(H,30,34)(H2,31,32,33,35). The minimum absolute atomic E-state index is 0.0742. The van der Waals surface area contributed by atoms with Gasteiger partial charge < -0.3 is 10.1 Å². The van der Waals surface area contributed by atoms with Crippen LogP contribution in [0.1, 0.15) is 16.7 Å². The Labute approximate surface area is 207 Å². The average molecular weight is 479 g/mol. The lowest BCUT2D eigenvalue weighted by Crippen LogP contribution is -2.21. The normalized spacial score (nSPS) is 10.6. The van der Waals surface area contributed by atoms with E-state index < -0.39 is 5.56 Å². The number of rotatable bonds is 8. The molecule has 0 atom stereocenters. The fourth-order valence-electron chi connectivity index (χ4n) is 3.36. The molecule has 0 unspecified atom stereocenters. The number of hydrazone groups is 1. The van der Waals surface area contributed by atoms with Gasteiger partial charge in [0.05, 0.1) is 11.9 Å². The molecule has 9 nitrogen and oxygen atoms in total. The number of nitrogens with one attached hydrogen (secondary N) is 3. The molecule has 0 fully saturated rings. The molecule has 36 heavy (non-hydrogen) atoms. The Kier molecular flexibility index (Phi) is 7.48. The first-order valence-electron chi connectivity index (χ1n) is 11.0. The van der Waals surface area contributed by atoms with Crippen LogP contribution in [0.15, 0.2) is 88.8 Å². The summed E-state index contributed by atoms with van der Waals surface area (Å²) in [5, 5.41) is 16.4. The van der Waals surface area contributed by atoms with Gasteiger partial charge in [-0.1, -0.05) is 60.7 Å². The molecule has 3 aromatic carbocycles. The Morgan fingerprint density at radius 1 is 1.08 bits per heavy atom. The van der Waals surface area contributed by atoms with Crippen LogP contribution in [-0.4, -0.2) is 28.7 Å². The summed E-state index contributed by atoms with van der Waals surface area (Å²) in [7, 11) is 0. The van der Waals surface area contributed by atoms with E-state index in [1.165, 1.54) is 6.21 Å². The molecule has 0 aliphatic rings. The van der Waals surface area contributed by atoms with Gasteiger partial charge >= 0.3 is 0 Å². The van der Waals surface area contributed by atoms with Crippen LogP contribution >= 0.6 is 0 Å². The molecule has 1 aromatic heterocycles. The summed E-state index contributed by atoms with van der Waals surface area (Å²) in [4.78, 5) is 31.6. The molecule has 3 N–H and O–H groups in total. The number of ether oxygens (including phenoxy) is 1. The molecule has 0 saturated carbocycles. The number of hydrogen-bond acceptors (Lipinski definition) is 7. The topological polar surface area (TPSA) is 132 Å². The third-order valence-electron chi connectivity index (χ3n) is 5.15. The fraction of sp³-hybridized carbons (Fsp3) is 0.0741. The van der Waals surface area contributed by atoms with Crippen LogP contribution < -0.4 is 21.0 Å². The molecule has 9 heteroatoms. The quantitative estimate of drug-likeness (QED) is 0.258. The number of carbonyl (C=O) groups is 1. The molecule has 0 bridgehead atoms. The lowest BCUT2D eigenvalue weighted by Gasteiger charge is -2.11. The maximum absolute atomic E-state index is 12.4. The number of nitrogens with zero attached hydrogens (tertiary/aromatic N) is 3. The summed E-state index contributed by atoms with van der Waals surface area (Å²) in [6.45, 7) is 1.73. The summed E-state index contributed by atoms with van der Waals surface area (Å²) in [5.41, 5.74) is 5.19. The van der Waals surface area contributed by atoms with Crippen molar-refractivity contribution in [3.05, 3.63) is 106 Å². The molecule has 178 valence electrons. The van der Waals surface area contributed by atoms with Gasteiger partial charge in [0, 0.05) is 16.8 Å². The van der Waals surface area contributed by atoms with E-state index in [-0.39, 0.29) is 29.7 Å². The van der Waals surface area contributed by atoms with Crippen molar-refractivity contribution in [3.63, 3.8) is 0 Å². The first kappa shape index (κ1) is 23.9. The van der Waals surface area contributed by atoms with Crippen LogP contribution in [-0.2, 0) is 4.79 Å². The second-order valence-corrected chi connectivity index (χ2v) is 7.68. The highest BCUT2D eigenvalue weighted by atomic mass is 16.5. The van der Waals surface area contributed by atoms with Crippen LogP contribution in [0.2, 0.25) is 0 Å². The van der Waals surface area contributed by atoms with E-state index in [0.29, 0.717) is 16.9 Å². The summed E-state index contributed by atoms with van der Waals surface area (Å²) in [5.74, 6) is 0.237. The van der Waals surface area contributed by atoms with Crippen molar-refractivity contribution in [2.75, 3.05) is 17.3 Å². The number of benzene rings is 3. The van der Waals surface area contributed by atoms with Gasteiger partial charge in [-0.3, -0.25) is 14.6 Å². The van der Waals surface area contributed by atoms with Crippen molar-refractivity contribution in [2.24, 2.45) is 5.10 Å². The SMILES string of the molecule is Cc1ccccc1NC(=O)COc1ccccc1C=NNc1nc(-c2ccccc2)c(C#N)c(=O)[nH]1. The van der Waals surface area contributed by atoms with Crippen molar-refractivity contribution < 1.29 is 9.53 Å². The lowest BCUT2D eigenvalue weighted by molar-refractivity contribution is -0.118. The number of hydrogen-bond donors (Lipinski definition) is 3. The Bertz CT molecular complexity index is 1510. The van der Waals surface area contributed by atoms with Crippen molar-refractivity contribution >= 4 is 23.8 Å². The highest BCUT2D eigenvalue weighted by Crippen LogP contribution is 2.20. The van der Waals surface area contributed by atoms with E-state index >= 15 is 0 Å². The highest BCUT2D eigenvalue weighted by molar-refractivity contribution is 5.93. The van der Waals surface area contributed by atoms with Crippen LogP contribution in [0.25, 0.3) is 11.3 Å². The molecule has 4 aromatic rings. The van der Waals surface area contributed by atoms with Crippen molar-refractivity contribution in [2.45, 2.75) is 6.92 Å². The van der Waals surface area contributed by atoms with E-state index in [2.05, 4.69) is 25.8 Å². The number of carbonyl (C=O) groups excluding carboxylic acids is 1. The number of nitriles is 1. The number of amides is 1. The predicted molar refractivity (Wildman–Crippen MR) is 138 cm³/mol. The summed E-state index contributed by atoms with van der Waals surface area (Å²) in [6, 6.07) is 25.4. The summed E-state index contributed by atoms with van der Waals surface area (Å²) in [6.07, 6.45) is 1.48. The van der Waals surface area contributed by atoms with Crippen molar-refractivity contribution in [1.29, 1.82) is 5.26 Å². The zero-order valence-electron chi connectivity index (χ0n) is 19.4. The van der Waals surface area contributed by atoms with Crippen LogP contribution in [0, 0.1) is 18.3 Å². The molecule has 0 radical (unpaired) electrons. The smallest absolute Gasteiger partial charge is 0.270 e. The molecular weight excluding hydrogens is 456 g/mol. The van der Waals surface area contributed by atoms with E-state index in [9.17, 15) is 14.9 Å². The van der Waals surface area contributed by atoms with Gasteiger partial charge in [0.2, 0.25) is 5.95 Å². The first-order valence-corrected chi connectivity index (χ1v) is 11.0. The molecule has 1 heterocycles. The first-order chi connectivity index (χ1) is 17.5. The molecular formula is C27H22N6O3. The fourth-order valence-corrected chi connectivity index (χ4v) is 3.36. The van der Waals surface area contributed by atoms with Gasteiger partial charge in [-0.2, -0.15) is 10.4 Å². The predicted octanol–water partition coefficient (Wildman–Crippen LogP) is 4.08. The van der Waals surface area contributed by atoms with Gasteiger partial charge in [-0.05, 0) is 30.7 Å². The number of para-hydroxylation sites is 2. The van der Waals surface area contributed by atoms with Crippen LogP contribution in [0.5, 0.6) is 5.75 Å². The van der Waals surface area contributed by atoms with Crippen LogP contribution in [0.3, 0.4) is 0 Å². The summed E-state index contributed by atoms with van der Waals surface area (Å²) < 4.78 is 5.70. The van der Waals surface area contributed by atoms with Crippen LogP contribution in [0.4, 0.5) is 11.6 Å². The molecule has 0 aliphatic heterocycles. The summed E-state index contributed by atoms with van der Waals surface area (Å²) >= 11 is 0. The Balaban J connectivity index is 1.46. The van der Waals surface area contributed by atoms with Gasteiger partial charge in [0.1, 0.15) is 17.4 Å². The van der Waals surface area contributed by atoms with E-state index in [0.717, 1.165) is 11.3 Å². The third kappa shape index (κ3) is 5.81. The van der Waals surface area contributed by atoms with Gasteiger partial charge in [-0.15, -0.1) is 0 Å². The minimum atomic E-state index is -0.576. The molecule has 4 rings (SSSR count). The zero-order chi connectivity index (χ0) is 25.3. The van der Waals surface area contributed by atoms with Crippen molar-refractivity contribution in [1.82, 2.24) is 9.97 Å². The lowest BCUT2D eigenvalue weighted by atomic mass is 10.1. The minimum Gasteiger partial charge on any atom is -0.483 e. The largest absolute Gasteiger partial charge is 0.483 e. The zero-order valence-corrected chi connectivity index (χ0v) is 19.4. The maximum Gasteiger partial charge on any atom is 0.270 e. The average Bonchev–Trinajstić information content (AvgIpc) is 2.89. The monoisotopic (exact) mass is 478 g/mol. The molecule has 1 amide bonds. The second kappa shape index (κ2) is 11.3. The number of H-pyrrole nitrogens is 1. The van der Waals surface area contributed by atoms with Gasteiger partial charge in [0.15, 0.2) is 6.61 Å². The van der Waals surface area contributed by atoms with Crippen molar-refractivity contribution in [3.8, 4) is 23.1 Å². The number of aryl methyl sites for hydroxylation is 1. The Morgan fingerprint density at radius 3 is 2.58 bits per heavy atom. The Hall–Kier alpha value is -5.23. The highest BCUT2D eigenvalue weighted by Gasteiger charge is 2.13. The Morgan fingerprint density at radius 2 is 1.81 bits per heavy atom.